The van der Waals surface area contributed by atoms with E-state index in [-0.39, 0.29) is 0 Å². The molecule has 1 aliphatic heterocycles. The van der Waals surface area contributed by atoms with Crippen LogP contribution >= 0.6 is 0 Å². The van der Waals surface area contributed by atoms with Gasteiger partial charge in [-0.1, -0.05) is 0 Å². The number of allylic oxidation sites excluding steroid dienone is 1. The molecule has 8 heavy (non-hydrogen) atoms. The van der Waals surface area contributed by atoms with Gasteiger partial charge in [-0.2, -0.15) is 0 Å². The van der Waals surface area contributed by atoms with E-state index in [0.717, 1.165) is 0 Å². The number of hydrazone groups is 1. The molecule has 0 N–H and O–H groups in total. The Morgan fingerprint density at radius 1 is 1.75 bits per heavy atom. The molecule has 1 heterocycles. The van der Waals surface area contributed by atoms with Gasteiger partial charge in [0.05, 0.1) is 0 Å². The molecular formula is C4H3InN2O. The number of hydrogen-bond acceptors (Lipinski definition) is 3. The summed E-state index contributed by atoms with van der Waals surface area (Å²) < 4.78 is 3.79. The van der Waals surface area contributed by atoms with Crippen LogP contribution in [0.1, 0.15) is 0 Å². The van der Waals surface area contributed by atoms with Gasteiger partial charge in [0.25, 0.3) is 0 Å². The Morgan fingerprint density at radius 3 is 3.12 bits per heavy atom. The van der Waals surface area contributed by atoms with E-state index in [4.69, 9.17) is 0 Å². The first kappa shape index (κ1) is 5.79. The van der Waals surface area contributed by atoms with Gasteiger partial charge in [0.15, 0.2) is 0 Å². The summed E-state index contributed by atoms with van der Waals surface area (Å²) in [5.41, 5.74) is 0. The molecular weight excluding hydrogens is 207 g/mol. The number of isocyanates is 1. The van der Waals surface area contributed by atoms with Crippen LogP contribution in [0.15, 0.2) is 17.4 Å². The second-order valence-corrected chi connectivity index (χ2v) is 4.71. The minimum absolute atomic E-state index is 0.782. The molecule has 0 radical (unpaired) electrons. The van der Waals surface area contributed by atoms with E-state index in [1.807, 2.05) is 6.08 Å². The molecule has 3 nitrogen and oxygen atoms in total. The van der Waals surface area contributed by atoms with E-state index in [1.54, 1.807) is 9.20 Å². The van der Waals surface area contributed by atoms with E-state index >= 15 is 0 Å². The normalized spacial score (nSPS) is 13.2. The second kappa shape index (κ2) is 2.85. The second-order valence-electron chi connectivity index (χ2n) is 1.25. The van der Waals surface area contributed by atoms with Crippen LogP contribution in [0.5, 0.6) is 0 Å². The maximum atomic E-state index is 9.61. The standard InChI is InChI=1S/C4H3N2O.In/c1-2-3-5-6-4-7;/h1-3H;/q-1;+1. The van der Waals surface area contributed by atoms with Gasteiger partial charge < -0.3 is 0 Å². The molecule has 1 aliphatic rings. The summed E-state index contributed by atoms with van der Waals surface area (Å²) in [5.74, 6) is 0. The van der Waals surface area contributed by atoms with Crippen LogP contribution in [0.25, 0.3) is 0 Å². The van der Waals surface area contributed by atoms with E-state index in [9.17, 15) is 4.79 Å². The van der Waals surface area contributed by atoms with E-state index in [2.05, 4.69) is 8.86 Å². The molecule has 0 aliphatic carbocycles. The summed E-state index contributed by atoms with van der Waals surface area (Å²) >= 11 is -0.782. The molecule has 0 fully saturated rings. The predicted molar refractivity (Wildman–Crippen MR) is 30.9 cm³/mol. The number of rotatable bonds is 1. The molecule has 38 valence electrons. The first-order valence-corrected chi connectivity index (χ1v) is 5.52. The monoisotopic (exact) mass is 210 g/mol. The fraction of sp³-hybridized carbons (Fsp3) is 0. The van der Waals surface area contributed by atoms with Crippen LogP contribution in [-0.4, -0.2) is 35.5 Å². The van der Waals surface area contributed by atoms with E-state index in [0.29, 0.717) is 0 Å². The van der Waals surface area contributed by atoms with Crippen molar-refractivity contribution in [3.05, 3.63) is 12.3 Å². The van der Waals surface area contributed by atoms with E-state index in [1.165, 1.54) is 6.08 Å². The number of nitrogens with zero attached hydrogens (tertiary/aromatic N) is 2. The zero-order valence-electron chi connectivity index (χ0n) is 4.11. The zero-order chi connectivity index (χ0) is 5.82. The summed E-state index contributed by atoms with van der Waals surface area (Å²) in [4.78, 5) is 9.61. The summed E-state index contributed by atoms with van der Waals surface area (Å²) in [5, 5.41) is 3.42. The minimum atomic E-state index is -0.782. The molecule has 0 unspecified atom stereocenters. The van der Waals surface area contributed by atoms with Crippen molar-refractivity contribution >= 4 is 32.5 Å². The molecule has 0 atom stereocenters. The molecule has 0 aromatic heterocycles. The van der Waals surface area contributed by atoms with Crippen LogP contribution in [0, 0.1) is 0 Å². The van der Waals surface area contributed by atoms with Crippen molar-refractivity contribution in [1.82, 2.24) is 3.00 Å². The average Bonchev–Trinajstić information content (AvgIpc) is 2.19. The first-order valence-electron chi connectivity index (χ1n) is 2.14. The molecule has 0 saturated carbocycles. The molecule has 1 rings (SSSR count). The topological polar surface area (TPSA) is 32.7 Å². The van der Waals surface area contributed by atoms with Gasteiger partial charge in [0.2, 0.25) is 0 Å². The van der Waals surface area contributed by atoms with Crippen LogP contribution < -0.4 is 0 Å². The van der Waals surface area contributed by atoms with Crippen LogP contribution in [-0.2, 0) is 4.79 Å². The van der Waals surface area contributed by atoms with Crippen LogP contribution in [0.2, 0.25) is 0 Å². The predicted octanol–water partition coefficient (Wildman–Crippen LogP) is -0.512. The number of hydrogen-bond donors (Lipinski definition) is 0. The summed E-state index contributed by atoms with van der Waals surface area (Å²) in [7, 11) is 0. The van der Waals surface area contributed by atoms with Gasteiger partial charge in [-0.3, -0.25) is 0 Å². The average molecular weight is 210 g/mol. The third-order valence-corrected chi connectivity index (χ3v) is 3.56. The van der Waals surface area contributed by atoms with Crippen molar-refractivity contribution in [2.45, 2.75) is 0 Å². The van der Waals surface area contributed by atoms with Gasteiger partial charge in [0, 0.05) is 0 Å². The Bertz CT molecular complexity index is 168. The van der Waals surface area contributed by atoms with Gasteiger partial charge in [-0.05, 0) is 0 Å². The quantitative estimate of drug-likeness (QED) is 0.431. The molecule has 0 aromatic carbocycles. The van der Waals surface area contributed by atoms with Crippen molar-refractivity contribution in [3.8, 4) is 0 Å². The van der Waals surface area contributed by atoms with Crippen LogP contribution in [0.4, 0.5) is 0 Å². The Morgan fingerprint density at radius 2 is 2.62 bits per heavy atom. The Balaban J connectivity index is 2.62. The molecule has 0 saturated heterocycles. The van der Waals surface area contributed by atoms with Gasteiger partial charge in [0.1, 0.15) is 0 Å². The third-order valence-electron chi connectivity index (χ3n) is 0.745. The van der Waals surface area contributed by atoms with Crippen molar-refractivity contribution < 1.29 is 4.79 Å². The van der Waals surface area contributed by atoms with Crippen molar-refractivity contribution in [2.24, 2.45) is 5.10 Å². The summed E-state index contributed by atoms with van der Waals surface area (Å²) in [6.07, 6.45) is 5.20. The maximum absolute atomic E-state index is 9.61. The third kappa shape index (κ3) is 1.32. The van der Waals surface area contributed by atoms with E-state index < -0.39 is 22.7 Å². The molecule has 0 spiro atoms. The molecule has 0 amide bonds. The molecule has 4 heteroatoms. The SMILES string of the molecule is O=C=N[N]1C=C[CH]=[In]1. The molecule has 0 aromatic rings. The van der Waals surface area contributed by atoms with Crippen LogP contribution in [0.3, 0.4) is 0 Å². The fourth-order valence-corrected chi connectivity index (χ4v) is 2.40. The Hall–Kier alpha value is -0.340. The fourth-order valence-electron chi connectivity index (χ4n) is 0.439. The Labute approximate surface area is 57.9 Å². The van der Waals surface area contributed by atoms with Crippen molar-refractivity contribution in [3.63, 3.8) is 0 Å². The molecule has 0 bridgehead atoms. The zero-order valence-corrected chi connectivity index (χ0v) is 7.41. The first-order chi connectivity index (χ1) is 3.93. The Kier molecular flexibility index (Phi) is 2.06. The number of carbonyl (C=O) groups excluding carboxylic acids is 1. The summed E-state index contributed by atoms with van der Waals surface area (Å²) in [6.45, 7) is 0. The van der Waals surface area contributed by atoms with Crippen molar-refractivity contribution in [2.75, 3.05) is 0 Å². The summed E-state index contributed by atoms with van der Waals surface area (Å²) in [6, 6.07) is 0. The van der Waals surface area contributed by atoms with Gasteiger partial charge >= 0.3 is 57.7 Å². The van der Waals surface area contributed by atoms with Gasteiger partial charge in [-0.15, -0.1) is 0 Å². The van der Waals surface area contributed by atoms with Gasteiger partial charge in [-0.25, -0.2) is 0 Å². The van der Waals surface area contributed by atoms with Crippen molar-refractivity contribution in [1.29, 1.82) is 0 Å².